The highest BCUT2D eigenvalue weighted by Gasteiger charge is 2.39. The van der Waals surface area contributed by atoms with Gasteiger partial charge in [0, 0.05) is 38.3 Å². The topological polar surface area (TPSA) is 86.4 Å². The molecule has 1 atom stereocenters. The molecule has 0 radical (unpaired) electrons. The lowest BCUT2D eigenvalue weighted by Gasteiger charge is -2.33. The predicted molar refractivity (Wildman–Crippen MR) is 120 cm³/mol. The van der Waals surface area contributed by atoms with Crippen LogP contribution in [-0.4, -0.2) is 46.3 Å². The molecule has 5 rings (SSSR count). The van der Waals surface area contributed by atoms with Crippen molar-refractivity contribution in [1.29, 1.82) is 0 Å². The Bertz CT molecular complexity index is 1130. The fourth-order valence-electron chi connectivity index (χ4n) is 4.55. The first-order chi connectivity index (χ1) is 15.1. The summed E-state index contributed by atoms with van der Waals surface area (Å²) in [4.78, 5) is 47.8. The van der Waals surface area contributed by atoms with Gasteiger partial charge in [-0.1, -0.05) is 29.5 Å². The number of benzene rings is 1. The first-order valence-corrected chi connectivity index (χ1v) is 11.5. The van der Waals surface area contributed by atoms with Crippen LogP contribution in [0.4, 0.5) is 5.13 Å². The van der Waals surface area contributed by atoms with Gasteiger partial charge < -0.3 is 9.88 Å². The number of piperidine rings is 1. The van der Waals surface area contributed by atoms with Gasteiger partial charge in [0.15, 0.2) is 5.13 Å². The Hall–Kier alpha value is -3.00. The monoisotopic (exact) mass is 436 g/mol. The number of fused-ring (bicyclic) bond motifs is 1. The van der Waals surface area contributed by atoms with Gasteiger partial charge in [-0.2, -0.15) is 0 Å². The molecule has 1 unspecified atom stereocenters. The highest BCUT2D eigenvalue weighted by atomic mass is 32.1. The molecule has 8 heteroatoms. The normalized spacial score (nSPS) is 20.0. The number of anilines is 1. The van der Waals surface area contributed by atoms with Crippen LogP contribution in [-0.2, 0) is 16.0 Å². The molecule has 0 aliphatic carbocycles. The number of rotatable bonds is 4. The molecule has 7 nitrogen and oxygen atoms in total. The number of H-pyrrole nitrogens is 1. The molecule has 0 saturated carbocycles. The van der Waals surface area contributed by atoms with E-state index in [0.717, 1.165) is 48.1 Å². The maximum atomic E-state index is 13.1. The lowest BCUT2D eigenvalue weighted by Crippen LogP contribution is -2.42. The number of aromatic nitrogens is 2. The number of para-hydroxylation sites is 1. The molecule has 2 fully saturated rings. The minimum Gasteiger partial charge on any atom is -0.342 e. The van der Waals surface area contributed by atoms with Gasteiger partial charge in [0.05, 0.1) is 16.1 Å². The van der Waals surface area contributed by atoms with Crippen molar-refractivity contribution in [2.75, 3.05) is 24.5 Å². The molecule has 2 aliphatic heterocycles. The molecular formula is C23H24N4O3S. The second-order valence-corrected chi connectivity index (χ2v) is 9.41. The van der Waals surface area contributed by atoms with Crippen molar-refractivity contribution in [2.45, 2.75) is 25.7 Å². The molecular weight excluding hydrogens is 412 g/mol. The highest BCUT2D eigenvalue weighted by Crippen LogP contribution is 2.33. The van der Waals surface area contributed by atoms with E-state index < -0.39 is 0 Å². The number of aromatic amines is 1. The van der Waals surface area contributed by atoms with Crippen LogP contribution < -0.4 is 10.5 Å². The van der Waals surface area contributed by atoms with Gasteiger partial charge in [0.1, 0.15) is 0 Å². The van der Waals surface area contributed by atoms with E-state index in [1.165, 1.54) is 11.3 Å². The lowest BCUT2D eigenvalue weighted by molar-refractivity contribution is -0.137. The molecule has 1 N–H and O–H groups in total. The second kappa shape index (κ2) is 8.26. The van der Waals surface area contributed by atoms with Gasteiger partial charge in [-0.25, -0.2) is 4.98 Å². The molecule has 2 aromatic heterocycles. The molecule has 3 aromatic rings. The molecule has 2 aliphatic rings. The summed E-state index contributed by atoms with van der Waals surface area (Å²) in [6.07, 6.45) is 4.82. The van der Waals surface area contributed by atoms with Crippen LogP contribution in [0.2, 0.25) is 0 Å². The third kappa shape index (κ3) is 4.12. The average Bonchev–Trinajstić information content (AvgIpc) is 3.38. The number of carbonyl (C=O) groups is 2. The number of thiazole rings is 1. The van der Waals surface area contributed by atoms with E-state index in [0.29, 0.717) is 17.6 Å². The zero-order valence-electron chi connectivity index (χ0n) is 17.1. The minimum absolute atomic E-state index is 0.0228. The number of nitrogens with zero attached hydrogens (tertiary/aromatic N) is 3. The molecule has 2 amide bonds. The van der Waals surface area contributed by atoms with Gasteiger partial charge in [0.25, 0.3) is 0 Å². The van der Waals surface area contributed by atoms with Gasteiger partial charge in [-0.15, -0.1) is 0 Å². The van der Waals surface area contributed by atoms with E-state index in [1.54, 1.807) is 17.2 Å². The van der Waals surface area contributed by atoms with Crippen molar-refractivity contribution >= 4 is 38.5 Å². The van der Waals surface area contributed by atoms with E-state index in [1.807, 2.05) is 35.2 Å². The summed E-state index contributed by atoms with van der Waals surface area (Å²) < 4.78 is 1.05. The van der Waals surface area contributed by atoms with Crippen molar-refractivity contribution in [3.8, 4) is 0 Å². The van der Waals surface area contributed by atoms with Crippen LogP contribution in [0.15, 0.2) is 47.4 Å². The molecule has 1 aromatic carbocycles. The van der Waals surface area contributed by atoms with Crippen LogP contribution in [0.25, 0.3) is 10.2 Å². The summed E-state index contributed by atoms with van der Waals surface area (Å²) in [6.45, 7) is 1.85. The third-order valence-electron chi connectivity index (χ3n) is 6.29. The second-order valence-electron chi connectivity index (χ2n) is 8.40. The summed E-state index contributed by atoms with van der Waals surface area (Å²) in [5.74, 6) is 0.263. The first-order valence-electron chi connectivity index (χ1n) is 10.7. The summed E-state index contributed by atoms with van der Waals surface area (Å²) in [7, 11) is 0. The highest BCUT2D eigenvalue weighted by molar-refractivity contribution is 7.22. The zero-order valence-corrected chi connectivity index (χ0v) is 17.9. The van der Waals surface area contributed by atoms with E-state index >= 15 is 0 Å². The van der Waals surface area contributed by atoms with Crippen LogP contribution in [0, 0.1) is 11.8 Å². The molecule has 2 saturated heterocycles. The fraction of sp³-hybridized carbons (Fsp3) is 0.391. The van der Waals surface area contributed by atoms with Gasteiger partial charge in [-0.05, 0) is 42.9 Å². The largest absolute Gasteiger partial charge is 0.342 e. The molecule has 0 spiro atoms. The number of pyridine rings is 1. The minimum atomic E-state index is -0.296. The Balaban J connectivity index is 1.19. The summed E-state index contributed by atoms with van der Waals surface area (Å²) in [6, 6.07) is 11.3. The molecule has 0 bridgehead atoms. The summed E-state index contributed by atoms with van der Waals surface area (Å²) in [5, 5.41) is 0.682. The van der Waals surface area contributed by atoms with Gasteiger partial charge in [0.2, 0.25) is 17.4 Å². The number of nitrogens with one attached hydrogen (secondary N) is 1. The first kappa shape index (κ1) is 19.9. The van der Waals surface area contributed by atoms with Crippen molar-refractivity contribution < 1.29 is 9.59 Å². The lowest BCUT2D eigenvalue weighted by atomic mass is 9.90. The van der Waals surface area contributed by atoms with Gasteiger partial charge >= 0.3 is 0 Å². The van der Waals surface area contributed by atoms with Crippen molar-refractivity contribution in [3.63, 3.8) is 0 Å². The molecule has 160 valence electrons. The summed E-state index contributed by atoms with van der Waals surface area (Å²) in [5.41, 5.74) is 1.92. The standard InChI is InChI=1S/C23H24N4O3S/c28-20-6-5-16(13-24-20)11-15-7-9-26(10-8-15)22(30)17-12-21(29)27(14-17)23-25-18-3-1-2-4-19(18)31-23/h1-6,13,15,17H,7-12,14H2,(H,24,28). The summed E-state index contributed by atoms with van der Waals surface area (Å²) >= 11 is 1.50. The van der Waals surface area contributed by atoms with E-state index in [-0.39, 0.29) is 29.7 Å². The van der Waals surface area contributed by atoms with Crippen molar-refractivity contribution in [1.82, 2.24) is 14.9 Å². The SMILES string of the molecule is O=C(C1CC(=O)N(c2nc3ccccc3s2)C1)N1CCC(Cc2ccc(=O)[nH]c2)CC1. The molecule has 31 heavy (non-hydrogen) atoms. The Morgan fingerprint density at radius 1 is 1.13 bits per heavy atom. The number of likely N-dealkylation sites (tertiary alicyclic amines) is 1. The van der Waals surface area contributed by atoms with Gasteiger partial charge in [-0.3, -0.25) is 19.3 Å². The number of hydrogen-bond donors (Lipinski definition) is 1. The van der Waals surface area contributed by atoms with Crippen LogP contribution in [0.1, 0.15) is 24.8 Å². The number of hydrogen-bond acceptors (Lipinski definition) is 5. The quantitative estimate of drug-likeness (QED) is 0.681. The van der Waals surface area contributed by atoms with Crippen LogP contribution in [0.3, 0.4) is 0 Å². The Labute approximate surface area is 183 Å². The number of carbonyl (C=O) groups excluding carboxylic acids is 2. The Morgan fingerprint density at radius 2 is 1.94 bits per heavy atom. The Morgan fingerprint density at radius 3 is 2.68 bits per heavy atom. The predicted octanol–water partition coefficient (Wildman–Crippen LogP) is 2.82. The van der Waals surface area contributed by atoms with Crippen LogP contribution >= 0.6 is 11.3 Å². The fourth-order valence-corrected chi connectivity index (χ4v) is 5.54. The zero-order chi connectivity index (χ0) is 21.4. The third-order valence-corrected chi connectivity index (χ3v) is 7.35. The van der Waals surface area contributed by atoms with E-state index in [4.69, 9.17) is 0 Å². The van der Waals surface area contributed by atoms with Crippen molar-refractivity contribution in [3.05, 3.63) is 58.5 Å². The Kier molecular flexibility index (Phi) is 5.31. The maximum absolute atomic E-state index is 13.1. The van der Waals surface area contributed by atoms with Crippen molar-refractivity contribution in [2.24, 2.45) is 11.8 Å². The molecule has 4 heterocycles. The van der Waals surface area contributed by atoms with E-state index in [2.05, 4.69) is 9.97 Å². The smallest absolute Gasteiger partial charge is 0.247 e. The number of amides is 2. The average molecular weight is 437 g/mol. The van der Waals surface area contributed by atoms with E-state index in [9.17, 15) is 14.4 Å². The maximum Gasteiger partial charge on any atom is 0.247 e. The van der Waals surface area contributed by atoms with Crippen LogP contribution in [0.5, 0.6) is 0 Å².